The molecule has 3 saturated carbocycles. The lowest BCUT2D eigenvalue weighted by Gasteiger charge is -2.56. The number of hydrogen-bond donors (Lipinski definition) is 1. The van der Waals surface area contributed by atoms with Crippen LogP contribution >= 0.6 is 0 Å². The number of esters is 1. The van der Waals surface area contributed by atoms with E-state index in [1.165, 1.54) is 0 Å². The normalized spacial score (nSPS) is 39.0. The summed E-state index contributed by atoms with van der Waals surface area (Å²) in [6.07, 6.45) is 11.6. The zero-order valence-electron chi connectivity index (χ0n) is 19.3. The molecule has 0 radical (unpaired) electrons. The zero-order valence-corrected chi connectivity index (χ0v) is 20.1. The van der Waals surface area contributed by atoms with Gasteiger partial charge in [-0.25, -0.2) is 17.9 Å². The summed E-state index contributed by atoms with van der Waals surface area (Å²) in [5.74, 6) is -0.190. The Balaban J connectivity index is 1.43. The topological polar surface area (TPSA) is 124 Å². The van der Waals surface area contributed by atoms with Crippen molar-refractivity contribution in [3.05, 3.63) is 23.8 Å². The summed E-state index contributed by atoms with van der Waals surface area (Å²) in [5.41, 5.74) is 0.216. The zero-order chi connectivity index (χ0) is 24.3. The van der Waals surface area contributed by atoms with Gasteiger partial charge in [0, 0.05) is 18.3 Å². The van der Waals surface area contributed by atoms with Gasteiger partial charge in [-0.2, -0.15) is 0 Å². The van der Waals surface area contributed by atoms with Crippen molar-refractivity contribution in [3.63, 3.8) is 0 Å². The van der Waals surface area contributed by atoms with Gasteiger partial charge in [-0.1, -0.05) is 24.5 Å². The van der Waals surface area contributed by atoms with E-state index in [2.05, 4.69) is 0 Å². The van der Waals surface area contributed by atoms with Crippen molar-refractivity contribution < 1.29 is 32.3 Å². The van der Waals surface area contributed by atoms with E-state index in [0.29, 0.717) is 32.1 Å². The van der Waals surface area contributed by atoms with Crippen molar-refractivity contribution in [3.8, 4) is 0 Å². The second kappa shape index (κ2) is 8.43. The van der Waals surface area contributed by atoms with E-state index in [9.17, 15) is 27.6 Å². The van der Waals surface area contributed by atoms with Crippen molar-refractivity contribution in [2.45, 2.75) is 57.8 Å². The molecule has 1 amide bonds. The maximum Gasteiger partial charge on any atom is 0.428 e. The first kappa shape index (κ1) is 23.5. The minimum Gasteiger partial charge on any atom is -0.375 e. The van der Waals surface area contributed by atoms with Crippen LogP contribution in [0.5, 0.6) is 0 Å². The van der Waals surface area contributed by atoms with Gasteiger partial charge in [-0.15, -0.1) is 0 Å². The number of carbonyl (C=O) groups is 4. The molecule has 0 aromatic heterocycles. The van der Waals surface area contributed by atoms with E-state index in [1.54, 1.807) is 16.9 Å². The Labute approximate surface area is 199 Å². The molecule has 7 atom stereocenters. The van der Waals surface area contributed by atoms with Gasteiger partial charge in [-0.3, -0.25) is 14.4 Å². The molecule has 5 rings (SSSR count). The number of carbonyl (C=O) groups excluding carboxylic acids is 4. The van der Waals surface area contributed by atoms with Crippen LogP contribution in [0, 0.1) is 40.9 Å². The number of sulfonamides is 1. The number of nitrogens with one attached hydrogen (secondary N) is 1. The third kappa shape index (κ3) is 3.95. The Kier molecular flexibility index (Phi) is 5.81. The van der Waals surface area contributed by atoms with Crippen LogP contribution in [-0.2, 0) is 29.1 Å². The molecule has 8 nitrogen and oxygen atoms in total. The summed E-state index contributed by atoms with van der Waals surface area (Å²) < 4.78 is 29.4. The lowest BCUT2D eigenvalue weighted by molar-refractivity contribution is -0.166. The predicted molar refractivity (Wildman–Crippen MR) is 122 cm³/mol. The summed E-state index contributed by atoms with van der Waals surface area (Å²) in [5, 5.41) is 0. The van der Waals surface area contributed by atoms with Crippen LogP contribution in [0.4, 0.5) is 4.79 Å². The van der Waals surface area contributed by atoms with Crippen LogP contribution < -0.4 is 4.72 Å². The summed E-state index contributed by atoms with van der Waals surface area (Å²) in [6.45, 7) is 0. The molecule has 184 valence electrons. The largest absolute Gasteiger partial charge is 0.428 e. The summed E-state index contributed by atoms with van der Waals surface area (Å²) in [6, 6.07) is 0. The smallest absolute Gasteiger partial charge is 0.375 e. The molecule has 0 spiro atoms. The molecule has 9 heteroatoms. The fraction of sp³-hybridized carbons (Fsp3) is 0.680. The van der Waals surface area contributed by atoms with Gasteiger partial charge in [0.2, 0.25) is 10.0 Å². The Morgan fingerprint density at radius 2 is 1.88 bits per heavy atom. The van der Waals surface area contributed by atoms with Crippen molar-refractivity contribution in [1.82, 2.24) is 4.72 Å². The summed E-state index contributed by atoms with van der Waals surface area (Å²) in [7, 11) is -3.85. The van der Waals surface area contributed by atoms with E-state index < -0.39 is 27.5 Å². The van der Waals surface area contributed by atoms with Gasteiger partial charge >= 0.3 is 12.1 Å². The minimum atomic E-state index is -3.85. The Morgan fingerprint density at radius 3 is 2.65 bits per heavy atom. The fourth-order valence-corrected chi connectivity index (χ4v) is 8.14. The molecule has 1 N–H and O–H groups in total. The molecule has 0 aromatic carbocycles. The highest BCUT2D eigenvalue weighted by molar-refractivity contribution is 7.89. The van der Waals surface area contributed by atoms with Crippen molar-refractivity contribution in [2.75, 3.05) is 6.26 Å². The van der Waals surface area contributed by atoms with Crippen LogP contribution in [0.25, 0.3) is 0 Å². The minimum absolute atomic E-state index is 0.0477. The second-order valence-corrected chi connectivity index (χ2v) is 12.6. The number of allylic oxidation sites excluding steroid dienone is 4. The Morgan fingerprint density at radius 1 is 1.09 bits per heavy atom. The van der Waals surface area contributed by atoms with Crippen molar-refractivity contribution >= 4 is 33.7 Å². The van der Waals surface area contributed by atoms with E-state index in [-0.39, 0.29) is 47.1 Å². The molecule has 7 unspecified atom stereocenters. The average Bonchev–Trinajstić information content (AvgIpc) is 2.76. The standard InChI is InChI=1S/C25H31NO7S/c1-34(31,32)26-24(30)33-23(29)25-10-3-2-4-20(25)22-18(9-11-25)17-7-5-14-12-15(27)6-8-16(14)19(17)13-21(22)28/h6,8,13-14,16-18,20,22H,2-5,7,9-12H2,1H3,(H,26,30). The number of rotatable bonds is 2. The first-order valence-corrected chi connectivity index (χ1v) is 14.2. The molecule has 5 aliphatic carbocycles. The monoisotopic (exact) mass is 489 g/mol. The predicted octanol–water partition coefficient (Wildman–Crippen LogP) is 3.08. The number of hydrogen-bond acceptors (Lipinski definition) is 7. The highest BCUT2D eigenvalue weighted by Crippen LogP contribution is 2.61. The summed E-state index contributed by atoms with van der Waals surface area (Å²) in [4.78, 5) is 50.8. The number of amides is 1. The molecule has 5 aliphatic rings. The molecule has 0 saturated heterocycles. The van der Waals surface area contributed by atoms with E-state index in [1.807, 2.05) is 6.08 Å². The molecule has 0 heterocycles. The Bertz CT molecular complexity index is 1110. The SMILES string of the molecule is CS(=O)(=O)NC(=O)OC(=O)C12CCCCC1C1C(=O)C=C3C4C=CC(=O)CC4CCC3C1CC2. The maximum absolute atomic E-state index is 13.6. The molecular formula is C25H31NO7S. The van der Waals surface area contributed by atoms with E-state index in [4.69, 9.17) is 4.74 Å². The highest BCUT2D eigenvalue weighted by Gasteiger charge is 2.60. The maximum atomic E-state index is 13.6. The molecule has 3 fully saturated rings. The third-order valence-electron chi connectivity index (χ3n) is 9.05. The molecular weight excluding hydrogens is 458 g/mol. The number of fused-ring (bicyclic) bond motifs is 7. The van der Waals surface area contributed by atoms with Gasteiger partial charge < -0.3 is 4.74 Å². The van der Waals surface area contributed by atoms with Crippen molar-refractivity contribution in [1.29, 1.82) is 0 Å². The summed E-state index contributed by atoms with van der Waals surface area (Å²) >= 11 is 0. The fourth-order valence-electron chi connectivity index (χ4n) is 7.80. The van der Waals surface area contributed by atoms with Gasteiger partial charge in [0.25, 0.3) is 0 Å². The number of ketones is 2. The van der Waals surface area contributed by atoms with Gasteiger partial charge in [-0.05, 0) is 74.3 Å². The average molecular weight is 490 g/mol. The molecule has 0 aliphatic heterocycles. The van der Waals surface area contributed by atoms with E-state index in [0.717, 1.165) is 37.5 Å². The van der Waals surface area contributed by atoms with Gasteiger partial charge in [0.15, 0.2) is 11.6 Å². The van der Waals surface area contributed by atoms with E-state index >= 15 is 0 Å². The van der Waals surface area contributed by atoms with Crippen LogP contribution in [0.3, 0.4) is 0 Å². The second-order valence-electron chi connectivity index (χ2n) is 10.8. The highest BCUT2D eigenvalue weighted by atomic mass is 32.2. The molecule has 34 heavy (non-hydrogen) atoms. The van der Waals surface area contributed by atoms with Crippen LogP contribution in [0.1, 0.15) is 57.8 Å². The third-order valence-corrected chi connectivity index (χ3v) is 9.59. The first-order valence-electron chi connectivity index (χ1n) is 12.3. The lowest BCUT2D eigenvalue weighted by atomic mass is 9.47. The molecule has 0 bridgehead atoms. The molecule has 0 aromatic rings. The first-order chi connectivity index (χ1) is 16.1. The number of ether oxygens (including phenoxy) is 1. The lowest BCUT2D eigenvalue weighted by Crippen LogP contribution is -2.56. The Hall–Kier alpha value is -2.29. The van der Waals surface area contributed by atoms with Gasteiger partial charge in [0.05, 0.1) is 11.7 Å². The quantitative estimate of drug-likeness (QED) is 0.467. The van der Waals surface area contributed by atoms with Gasteiger partial charge in [0.1, 0.15) is 0 Å². The van der Waals surface area contributed by atoms with Crippen LogP contribution in [0.2, 0.25) is 0 Å². The van der Waals surface area contributed by atoms with Crippen molar-refractivity contribution in [2.24, 2.45) is 40.9 Å². The van der Waals surface area contributed by atoms with Crippen LogP contribution in [0.15, 0.2) is 23.8 Å². The van der Waals surface area contributed by atoms with Crippen LogP contribution in [-0.4, -0.2) is 38.3 Å².